The Balaban J connectivity index is 2.60. The van der Waals surface area contributed by atoms with Gasteiger partial charge in [0.05, 0.1) is 24.0 Å². The van der Waals surface area contributed by atoms with Gasteiger partial charge in [-0.3, -0.25) is 43.5 Å². The number of pyridine rings is 1. The Morgan fingerprint density at radius 3 is 1.95 bits per heavy atom. The molecule has 59 heavy (non-hydrogen) atoms. The van der Waals surface area contributed by atoms with Gasteiger partial charge in [-0.1, -0.05) is 19.9 Å². The van der Waals surface area contributed by atoms with E-state index in [1.807, 2.05) is 0 Å². The molecule has 22 nitrogen and oxygen atoms in total. The van der Waals surface area contributed by atoms with Crippen LogP contribution in [0.4, 0.5) is 0 Å². The van der Waals surface area contributed by atoms with Gasteiger partial charge in [0.1, 0.15) is 36.3 Å². The highest BCUT2D eigenvalue weighted by atomic mass is 32.2. The third-order valence-corrected chi connectivity index (χ3v) is 10.7. The number of nitrogens with two attached hydrogens (primary N) is 4. The summed E-state index contributed by atoms with van der Waals surface area (Å²) in [5.41, 5.74) is 22.9. The number of fused-ring (bicyclic) bond motifs is 2. The highest BCUT2D eigenvalue weighted by Crippen LogP contribution is 2.17. The summed E-state index contributed by atoms with van der Waals surface area (Å²) >= 11 is 2.41. The Bertz CT molecular complexity index is 1680. The van der Waals surface area contributed by atoms with Gasteiger partial charge < -0.3 is 65.0 Å². The third-order valence-electron chi connectivity index (χ3n) is 8.59. The summed E-state index contributed by atoms with van der Waals surface area (Å²) in [4.78, 5) is 113. The molecule has 2 rings (SSSR count). The van der Waals surface area contributed by atoms with Crippen molar-refractivity contribution in [1.82, 2.24) is 36.9 Å². The van der Waals surface area contributed by atoms with Gasteiger partial charge in [0, 0.05) is 36.0 Å². The molecule has 1 aromatic rings. The van der Waals surface area contributed by atoms with Crippen molar-refractivity contribution in [3.05, 3.63) is 29.6 Å². The molecule has 1 aliphatic rings. The summed E-state index contributed by atoms with van der Waals surface area (Å²) in [6, 6.07) is -3.29. The smallest absolute Gasteiger partial charge is 0.327 e. The van der Waals surface area contributed by atoms with E-state index in [1.165, 1.54) is 30.4 Å². The number of hydrogen-bond donors (Lipinski definition) is 12. The quantitative estimate of drug-likeness (QED) is 0.0539. The zero-order chi connectivity index (χ0) is 44.2. The van der Waals surface area contributed by atoms with Gasteiger partial charge in [0.25, 0.3) is 0 Å². The Morgan fingerprint density at radius 1 is 0.831 bits per heavy atom. The molecule has 2 bridgehead atoms. The zero-order valence-electron chi connectivity index (χ0n) is 33.1. The average Bonchev–Trinajstić information content (AvgIpc) is 3.16. The van der Waals surface area contributed by atoms with Crippen LogP contribution in [0, 0.1) is 5.92 Å². The average molecular weight is 869 g/mol. The first-order chi connectivity index (χ1) is 27.8. The molecule has 0 fully saturated rings. The van der Waals surface area contributed by atoms with Crippen molar-refractivity contribution in [2.75, 3.05) is 24.6 Å². The number of aliphatic carboxylic acids is 1. The van der Waals surface area contributed by atoms with Crippen LogP contribution in [0.2, 0.25) is 0 Å². The molecule has 0 unspecified atom stereocenters. The maximum atomic E-state index is 13.9. The molecule has 24 heteroatoms. The fourth-order valence-electron chi connectivity index (χ4n) is 5.43. The third kappa shape index (κ3) is 18.1. The molecule has 328 valence electrons. The second-order valence-corrected chi connectivity index (χ2v) is 16.0. The number of carbonyl (C=O) groups is 8. The van der Waals surface area contributed by atoms with E-state index in [0.29, 0.717) is 11.4 Å². The zero-order valence-corrected chi connectivity index (χ0v) is 34.7. The molecule has 7 atom stereocenters. The van der Waals surface area contributed by atoms with Crippen molar-refractivity contribution < 1.29 is 48.6 Å². The lowest BCUT2D eigenvalue weighted by Gasteiger charge is -2.29. The largest absolute Gasteiger partial charge is 0.480 e. The summed E-state index contributed by atoms with van der Waals surface area (Å²) in [5, 5.41) is 35.5. The number of primary amides is 1. The second-order valence-electron chi connectivity index (χ2n) is 13.9. The highest BCUT2D eigenvalue weighted by molar-refractivity contribution is 7.98. The van der Waals surface area contributed by atoms with Crippen LogP contribution in [-0.2, 0) is 49.9 Å². The van der Waals surface area contributed by atoms with E-state index in [0.717, 1.165) is 0 Å². The maximum absolute atomic E-state index is 13.9. The molecule has 0 saturated heterocycles. The Hall–Kier alpha value is -5.20. The van der Waals surface area contributed by atoms with Crippen LogP contribution in [0.5, 0.6) is 0 Å². The molecule has 1 aliphatic heterocycles. The van der Waals surface area contributed by atoms with Crippen molar-refractivity contribution >= 4 is 76.8 Å². The molecule has 0 aromatic carbocycles. The summed E-state index contributed by atoms with van der Waals surface area (Å²) in [6.07, 6.45) is -2.26. The molecule has 0 saturated carbocycles. The van der Waals surface area contributed by atoms with Crippen molar-refractivity contribution in [1.29, 1.82) is 0 Å². The van der Waals surface area contributed by atoms with Crippen LogP contribution < -0.4 is 54.8 Å². The number of carbonyl (C=O) groups excluding carboxylic acids is 7. The van der Waals surface area contributed by atoms with E-state index in [4.69, 9.17) is 22.9 Å². The number of thioether (sulfide) groups is 2. The molecule has 0 aliphatic carbocycles. The lowest BCUT2D eigenvalue weighted by Crippen LogP contribution is -2.61. The number of nitrogens with zero attached hydrogens (tertiary/aromatic N) is 2. The number of aliphatic hydroxyl groups excluding tert-OH is 1. The first-order valence-electron chi connectivity index (χ1n) is 18.7. The fourth-order valence-corrected chi connectivity index (χ4v) is 7.34. The van der Waals surface area contributed by atoms with Crippen LogP contribution in [0.1, 0.15) is 57.8 Å². The summed E-state index contributed by atoms with van der Waals surface area (Å²) in [6.45, 7) is 4.00. The number of aliphatic imine (C=N–C) groups is 1. The number of carboxylic acids is 1. The monoisotopic (exact) mass is 868 g/mol. The summed E-state index contributed by atoms with van der Waals surface area (Å²) < 4.78 is 0. The van der Waals surface area contributed by atoms with Crippen molar-refractivity contribution in [3.63, 3.8) is 0 Å². The van der Waals surface area contributed by atoms with E-state index >= 15 is 0 Å². The van der Waals surface area contributed by atoms with E-state index in [2.05, 4.69) is 41.9 Å². The number of rotatable bonds is 12. The van der Waals surface area contributed by atoms with E-state index in [1.54, 1.807) is 32.0 Å². The van der Waals surface area contributed by atoms with Crippen LogP contribution in [0.25, 0.3) is 0 Å². The van der Waals surface area contributed by atoms with Gasteiger partial charge in [0.15, 0.2) is 5.96 Å². The van der Waals surface area contributed by atoms with Gasteiger partial charge in [-0.15, -0.1) is 0 Å². The predicted molar refractivity (Wildman–Crippen MR) is 220 cm³/mol. The SMILES string of the molecule is CC(C)[C@@H]1NC(=O)[C@H](CCC(N)=O)NC(=O)[C@H](CCCN=C(N)N)NC(=O)[C@H]([C@@H](C)O)NC(=O)[C@@H](NC(=O)CN)CSCc2cccc(n2)CSC[C@@H](C(=O)O)NC1=O. The van der Waals surface area contributed by atoms with Crippen LogP contribution in [-0.4, -0.2) is 135 Å². The minimum atomic E-state index is -1.66. The number of carboxylic acid groups (broad SMARTS) is 1. The lowest BCUT2D eigenvalue weighted by atomic mass is 10.0. The first-order valence-corrected chi connectivity index (χ1v) is 21.0. The van der Waals surface area contributed by atoms with Crippen LogP contribution in [0.3, 0.4) is 0 Å². The van der Waals surface area contributed by atoms with Gasteiger partial charge in [0.2, 0.25) is 41.4 Å². The Labute approximate surface area is 349 Å². The molecule has 16 N–H and O–H groups in total. The Kier molecular flexibility index (Phi) is 21.4. The molecule has 7 amide bonds. The predicted octanol–water partition coefficient (Wildman–Crippen LogP) is -4.13. The number of nitrogens with one attached hydrogen (secondary N) is 6. The number of hydrogen-bond acceptors (Lipinski definition) is 14. The second kappa shape index (κ2) is 25.3. The van der Waals surface area contributed by atoms with Gasteiger partial charge in [-0.2, -0.15) is 23.5 Å². The van der Waals surface area contributed by atoms with E-state index < -0.39 is 102 Å². The molecule has 2 heterocycles. The topological polar surface area (TPSA) is 379 Å². The summed E-state index contributed by atoms with van der Waals surface area (Å²) in [7, 11) is 0. The molecular formula is C35H56N12O10S2. The maximum Gasteiger partial charge on any atom is 0.327 e. The van der Waals surface area contributed by atoms with Gasteiger partial charge in [-0.05, 0) is 44.2 Å². The molecule has 0 spiro atoms. The van der Waals surface area contributed by atoms with Crippen molar-refractivity contribution in [2.24, 2.45) is 33.8 Å². The number of amides is 7. The summed E-state index contributed by atoms with van der Waals surface area (Å²) in [5.74, 6) is -7.73. The molecular weight excluding hydrogens is 813 g/mol. The first kappa shape index (κ1) is 49.9. The number of aromatic nitrogens is 1. The van der Waals surface area contributed by atoms with Crippen molar-refractivity contribution in [3.8, 4) is 0 Å². The highest BCUT2D eigenvalue weighted by Gasteiger charge is 2.35. The lowest BCUT2D eigenvalue weighted by molar-refractivity contribution is -0.142. The Morgan fingerprint density at radius 2 is 1.39 bits per heavy atom. The van der Waals surface area contributed by atoms with Gasteiger partial charge >= 0.3 is 5.97 Å². The van der Waals surface area contributed by atoms with Crippen molar-refractivity contribution in [2.45, 2.75) is 100 Å². The molecule has 1 aromatic heterocycles. The standard InChI is InChI=1S/C35H56N12O10S2/c1-17(2)27-32(54)45-24(34(56)57)16-59-14-20-7-4-6-19(41-20)13-58-15-23(42-26(50)12-36)31(53)47-28(18(3)48)33(55)44-21(8-5-11-40-35(38)39)29(51)43-22(30(52)46-27)9-10-25(37)49/h4,6-7,17-18,21-24,27-28,48H,5,8-16,36H2,1-3H3,(H2,37,49)(H,42,50)(H,43,51)(H,44,55)(H,45,54)(H,46,52)(H,47,53)(H,56,57)(H4,38,39,40)/t18-,21+,22+,23+,24+,27+,28+/m1/s1. The molecule has 0 radical (unpaired) electrons. The van der Waals surface area contributed by atoms with E-state index in [9.17, 15) is 48.6 Å². The van der Waals surface area contributed by atoms with Crippen LogP contribution in [0.15, 0.2) is 23.2 Å². The number of aliphatic hydroxyl groups is 1. The minimum absolute atomic E-state index is 0.0190. The van der Waals surface area contributed by atoms with E-state index in [-0.39, 0.29) is 61.2 Å². The minimum Gasteiger partial charge on any atom is -0.480 e. The van der Waals surface area contributed by atoms with Gasteiger partial charge in [-0.25, -0.2) is 4.79 Å². The fraction of sp³-hybridized carbons (Fsp3) is 0.600. The number of guanidine groups is 1. The van der Waals surface area contributed by atoms with Crippen LogP contribution >= 0.6 is 23.5 Å². The normalized spacial score (nSPS) is 23.7.